The predicted octanol–water partition coefficient (Wildman–Crippen LogP) is 5.17. The summed E-state index contributed by atoms with van der Waals surface area (Å²) < 4.78 is 17.3. The lowest BCUT2D eigenvalue weighted by atomic mass is 9.94. The molecule has 9 nitrogen and oxygen atoms in total. The van der Waals surface area contributed by atoms with Gasteiger partial charge in [0.1, 0.15) is 18.2 Å². The van der Waals surface area contributed by atoms with Crippen LogP contribution in [0, 0.1) is 5.92 Å². The maximum atomic E-state index is 13.5. The van der Waals surface area contributed by atoms with Crippen molar-refractivity contribution in [3.8, 4) is 0 Å². The standard InChI is InChI=1S/C31H38N2O7/c1-6-12-25(29(36)38-5)32-28(35)22(18-27(34)39-20-21-13-8-7-9-14-21)17-23-19-33(30(37)40-31(2,3)4)26-16-11-10-15-24(23)26/h7-11,13-16,19,22,25H,6,12,17-18,20H2,1-5H3,(H,32,35)/t22-,25+/m1/s1. The van der Waals surface area contributed by atoms with Crippen LogP contribution < -0.4 is 5.32 Å². The number of amides is 1. The van der Waals surface area contributed by atoms with Crippen molar-refractivity contribution in [3.63, 3.8) is 0 Å². The lowest BCUT2D eigenvalue weighted by Gasteiger charge is -2.21. The molecule has 3 aromatic rings. The number of esters is 2. The van der Waals surface area contributed by atoms with Crippen LogP contribution in [0.4, 0.5) is 4.79 Å². The molecule has 3 rings (SSSR count). The van der Waals surface area contributed by atoms with Crippen LogP contribution in [-0.4, -0.2) is 47.3 Å². The second kappa shape index (κ2) is 13.8. The fourth-order valence-corrected chi connectivity index (χ4v) is 4.37. The molecule has 0 aliphatic carbocycles. The normalized spacial score (nSPS) is 12.8. The summed E-state index contributed by atoms with van der Waals surface area (Å²) in [5.74, 6) is -2.45. The zero-order valence-electron chi connectivity index (χ0n) is 23.8. The van der Waals surface area contributed by atoms with E-state index in [4.69, 9.17) is 14.2 Å². The summed E-state index contributed by atoms with van der Waals surface area (Å²) in [6.07, 6.45) is 2.03. The Morgan fingerprint density at radius 3 is 2.30 bits per heavy atom. The molecule has 1 aromatic heterocycles. The summed E-state index contributed by atoms with van der Waals surface area (Å²) in [7, 11) is 1.26. The molecular weight excluding hydrogens is 512 g/mol. The van der Waals surface area contributed by atoms with Crippen molar-refractivity contribution >= 4 is 34.8 Å². The van der Waals surface area contributed by atoms with Crippen LogP contribution in [0.3, 0.4) is 0 Å². The monoisotopic (exact) mass is 550 g/mol. The van der Waals surface area contributed by atoms with Gasteiger partial charge in [-0.1, -0.05) is 61.9 Å². The summed E-state index contributed by atoms with van der Waals surface area (Å²) in [5.41, 5.74) is 1.43. The molecule has 1 heterocycles. The van der Waals surface area contributed by atoms with Gasteiger partial charge in [-0.05, 0) is 50.8 Å². The number of aromatic nitrogens is 1. The topological polar surface area (TPSA) is 113 Å². The number of hydrogen-bond acceptors (Lipinski definition) is 7. The van der Waals surface area contributed by atoms with E-state index in [0.717, 1.165) is 10.9 Å². The Hall–Kier alpha value is -4.14. The molecule has 0 radical (unpaired) electrons. The fraction of sp³-hybridized carbons (Fsp3) is 0.419. The Labute approximate surface area is 234 Å². The van der Waals surface area contributed by atoms with E-state index in [9.17, 15) is 19.2 Å². The van der Waals surface area contributed by atoms with Gasteiger partial charge in [-0.3, -0.25) is 14.2 Å². The van der Waals surface area contributed by atoms with Gasteiger partial charge in [0.15, 0.2) is 0 Å². The van der Waals surface area contributed by atoms with Crippen molar-refractivity contribution in [1.82, 2.24) is 9.88 Å². The van der Waals surface area contributed by atoms with Gasteiger partial charge in [0.2, 0.25) is 5.91 Å². The highest BCUT2D eigenvalue weighted by atomic mass is 16.6. The number of nitrogens with zero attached hydrogens (tertiary/aromatic N) is 1. The number of carbonyl (C=O) groups is 4. The minimum absolute atomic E-state index is 0.0760. The third-order valence-corrected chi connectivity index (χ3v) is 6.26. The highest BCUT2D eigenvalue weighted by Crippen LogP contribution is 2.26. The summed E-state index contributed by atoms with van der Waals surface area (Å²) in [6.45, 7) is 7.32. The molecule has 0 saturated heterocycles. The molecule has 1 N–H and O–H groups in total. The number of benzene rings is 2. The zero-order chi connectivity index (χ0) is 29.3. The second-order valence-electron chi connectivity index (χ2n) is 10.6. The maximum Gasteiger partial charge on any atom is 0.419 e. The number of carbonyl (C=O) groups excluding carboxylic acids is 4. The Morgan fingerprint density at radius 2 is 1.65 bits per heavy atom. The van der Waals surface area contributed by atoms with Crippen molar-refractivity contribution < 1.29 is 33.4 Å². The van der Waals surface area contributed by atoms with Gasteiger partial charge >= 0.3 is 18.0 Å². The molecule has 214 valence electrons. The molecule has 1 amide bonds. The Bertz CT molecular complexity index is 1320. The first kappa shape index (κ1) is 30.4. The number of rotatable bonds is 11. The number of para-hydroxylation sites is 1. The van der Waals surface area contributed by atoms with Gasteiger partial charge in [-0.2, -0.15) is 0 Å². The molecule has 0 unspecified atom stereocenters. The largest absolute Gasteiger partial charge is 0.467 e. The van der Waals surface area contributed by atoms with Crippen LogP contribution in [0.25, 0.3) is 10.9 Å². The van der Waals surface area contributed by atoms with Crippen LogP contribution in [0.5, 0.6) is 0 Å². The van der Waals surface area contributed by atoms with Gasteiger partial charge in [-0.25, -0.2) is 9.59 Å². The van der Waals surface area contributed by atoms with Crippen molar-refractivity contribution in [1.29, 1.82) is 0 Å². The van der Waals surface area contributed by atoms with Crippen LogP contribution in [0.2, 0.25) is 0 Å². The predicted molar refractivity (Wildman–Crippen MR) is 150 cm³/mol. The number of methoxy groups -OCH3 is 1. The first-order valence-corrected chi connectivity index (χ1v) is 13.4. The Balaban J connectivity index is 1.89. The van der Waals surface area contributed by atoms with Crippen molar-refractivity contribution in [2.45, 2.75) is 71.6 Å². The Morgan fingerprint density at radius 1 is 0.975 bits per heavy atom. The van der Waals surface area contributed by atoms with Crippen molar-refractivity contribution in [2.75, 3.05) is 7.11 Å². The minimum Gasteiger partial charge on any atom is -0.467 e. The lowest BCUT2D eigenvalue weighted by molar-refractivity contribution is -0.149. The summed E-state index contributed by atoms with van der Waals surface area (Å²) in [6, 6.07) is 15.7. The molecule has 0 fully saturated rings. The van der Waals surface area contributed by atoms with Crippen LogP contribution in [0.1, 0.15) is 58.1 Å². The second-order valence-corrected chi connectivity index (χ2v) is 10.6. The van der Waals surface area contributed by atoms with E-state index in [1.807, 2.05) is 55.5 Å². The SMILES string of the molecule is CCC[C@H](NC(=O)[C@@H](CC(=O)OCc1ccccc1)Cc1cn(C(=O)OC(C)(C)C)c2ccccc12)C(=O)OC. The number of nitrogens with one attached hydrogen (secondary N) is 1. The molecular formula is C31H38N2O7. The summed E-state index contributed by atoms with van der Waals surface area (Å²) in [5, 5.41) is 3.51. The Kier molecular flexibility index (Phi) is 10.5. The van der Waals surface area contributed by atoms with Crippen LogP contribution in [0.15, 0.2) is 60.8 Å². The van der Waals surface area contributed by atoms with Crippen LogP contribution in [-0.2, 0) is 41.6 Å². The average molecular weight is 551 g/mol. The van der Waals surface area contributed by atoms with Gasteiger partial charge in [0.05, 0.1) is 25.0 Å². The molecule has 0 spiro atoms. The third-order valence-electron chi connectivity index (χ3n) is 6.26. The number of fused-ring (bicyclic) bond motifs is 1. The van der Waals surface area contributed by atoms with E-state index < -0.39 is 41.5 Å². The highest BCUT2D eigenvalue weighted by molar-refractivity contribution is 5.93. The molecule has 2 aromatic carbocycles. The first-order chi connectivity index (χ1) is 19.0. The molecule has 0 aliphatic heterocycles. The van der Waals surface area contributed by atoms with E-state index in [-0.39, 0.29) is 19.4 Å². The molecule has 40 heavy (non-hydrogen) atoms. The average Bonchev–Trinajstić information content (AvgIpc) is 3.29. The lowest BCUT2D eigenvalue weighted by Crippen LogP contribution is -2.45. The molecule has 9 heteroatoms. The number of hydrogen-bond donors (Lipinski definition) is 1. The van der Waals surface area contributed by atoms with E-state index in [1.165, 1.54) is 11.7 Å². The first-order valence-electron chi connectivity index (χ1n) is 13.4. The fourth-order valence-electron chi connectivity index (χ4n) is 4.37. The highest BCUT2D eigenvalue weighted by Gasteiger charge is 2.30. The van der Waals surface area contributed by atoms with E-state index in [2.05, 4.69) is 5.32 Å². The van der Waals surface area contributed by atoms with Gasteiger partial charge < -0.3 is 19.5 Å². The number of ether oxygens (including phenoxy) is 3. The molecule has 0 saturated carbocycles. The zero-order valence-corrected chi connectivity index (χ0v) is 23.8. The maximum absolute atomic E-state index is 13.5. The minimum atomic E-state index is -0.870. The van der Waals surface area contributed by atoms with E-state index in [1.54, 1.807) is 33.0 Å². The quantitative estimate of drug-likeness (QED) is 0.259. The molecule has 0 bridgehead atoms. The van der Waals surface area contributed by atoms with Crippen molar-refractivity contribution in [2.24, 2.45) is 5.92 Å². The smallest absolute Gasteiger partial charge is 0.419 e. The van der Waals surface area contributed by atoms with Crippen LogP contribution >= 0.6 is 0 Å². The van der Waals surface area contributed by atoms with Crippen molar-refractivity contribution in [3.05, 3.63) is 71.9 Å². The summed E-state index contributed by atoms with van der Waals surface area (Å²) >= 11 is 0. The third kappa shape index (κ3) is 8.43. The molecule has 2 atom stereocenters. The van der Waals surface area contributed by atoms with Gasteiger partial charge in [0.25, 0.3) is 0 Å². The van der Waals surface area contributed by atoms with Gasteiger partial charge in [0, 0.05) is 11.6 Å². The van der Waals surface area contributed by atoms with E-state index >= 15 is 0 Å². The van der Waals surface area contributed by atoms with Gasteiger partial charge in [-0.15, -0.1) is 0 Å². The van der Waals surface area contributed by atoms with E-state index in [0.29, 0.717) is 23.9 Å². The molecule has 0 aliphatic rings. The summed E-state index contributed by atoms with van der Waals surface area (Å²) in [4.78, 5) is 51.6.